The highest BCUT2D eigenvalue weighted by Gasteiger charge is 2.31. The quantitative estimate of drug-likeness (QED) is 0.810. The predicted octanol–water partition coefficient (Wildman–Crippen LogP) is 2.16. The van der Waals surface area contributed by atoms with E-state index in [-0.39, 0.29) is 17.9 Å². The molecule has 1 aromatic carbocycles. The van der Waals surface area contributed by atoms with Crippen molar-refractivity contribution in [2.45, 2.75) is 13.1 Å². The van der Waals surface area contributed by atoms with E-state index in [9.17, 15) is 23.1 Å². The summed E-state index contributed by atoms with van der Waals surface area (Å²) in [5.41, 5.74) is -0.113. The van der Waals surface area contributed by atoms with Crippen LogP contribution in [-0.4, -0.2) is 46.7 Å². The number of aromatic hydroxyl groups is 2. The molecular weight excluding hydrogens is 263 g/mol. The van der Waals surface area contributed by atoms with Crippen LogP contribution in [-0.2, 0) is 0 Å². The lowest BCUT2D eigenvalue weighted by Crippen LogP contribution is -2.37. The Labute approximate surface area is 108 Å². The fourth-order valence-electron chi connectivity index (χ4n) is 1.58. The van der Waals surface area contributed by atoms with Crippen LogP contribution in [0.15, 0.2) is 18.2 Å². The number of likely N-dealkylation sites (N-methyl/N-ethyl adjacent to an activating group) is 1. The molecule has 0 aromatic heterocycles. The highest BCUT2D eigenvalue weighted by molar-refractivity contribution is 6.00. The molecule has 1 aromatic rings. The lowest BCUT2D eigenvalue weighted by molar-refractivity contribution is -0.144. The molecule has 0 unspecified atom stereocenters. The molecule has 0 bridgehead atoms. The van der Waals surface area contributed by atoms with E-state index in [4.69, 9.17) is 5.11 Å². The van der Waals surface area contributed by atoms with Gasteiger partial charge in [0.05, 0.1) is 18.7 Å². The van der Waals surface area contributed by atoms with Gasteiger partial charge in [0.25, 0.3) is 0 Å². The lowest BCUT2D eigenvalue weighted by atomic mass is 10.1. The normalized spacial score (nSPS) is 11.8. The first-order valence-electron chi connectivity index (χ1n) is 5.57. The number of alkyl halides is 3. The summed E-state index contributed by atoms with van der Waals surface area (Å²) in [7, 11) is 0. The fraction of sp³-hybridized carbons (Fsp3) is 0.417. The average Bonchev–Trinajstić information content (AvgIpc) is 2.25. The van der Waals surface area contributed by atoms with Crippen LogP contribution in [0, 0.1) is 0 Å². The number of benzene rings is 1. The third kappa shape index (κ3) is 4.78. The topological polar surface area (TPSA) is 60.8 Å². The number of phenolic OH excluding ortho intramolecular Hbond substituents is 2. The summed E-state index contributed by atoms with van der Waals surface area (Å²) >= 11 is 0. The highest BCUT2D eigenvalue weighted by atomic mass is 19.4. The number of hydrogen-bond donors (Lipinski definition) is 2. The molecule has 0 saturated heterocycles. The Bertz CT molecular complexity index is 460. The Morgan fingerprint density at radius 1 is 1.32 bits per heavy atom. The molecule has 0 fully saturated rings. The molecule has 106 valence electrons. The minimum atomic E-state index is -4.38. The molecule has 0 aliphatic heterocycles. The van der Waals surface area contributed by atoms with Crippen molar-refractivity contribution in [3.05, 3.63) is 23.8 Å². The van der Waals surface area contributed by atoms with E-state index in [1.807, 2.05) is 0 Å². The Morgan fingerprint density at radius 3 is 2.42 bits per heavy atom. The number of rotatable bonds is 5. The largest absolute Gasteiger partial charge is 0.508 e. The van der Waals surface area contributed by atoms with Crippen molar-refractivity contribution >= 4 is 5.78 Å². The average molecular weight is 277 g/mol. The fourth-order valence-corrected chi connectivity index (χ4v) is 1.58. The standard InChI is InChI=1S/C12H14F3NO3/c1-2-16(7-12(13,14)15)6-11(19)9-4-3-8(17)5-10(9)18/h3-5,17-18H,2,6-7H2,1H3. The van der Waals surface area contributed by atoms with Crippen molar-refractivity contribution < 1.29 is 28.2 Å². The summed E-state index contributed by atoms with van der Waals surface area (Å²) in [6.45, 7) is -0.0672. The first-order chi connectivity index (χ1) is 8.73. The van der Waals surface area contributed by atoms with Gasteiger partial charge >= 0.3 is 6.18 Å². The number of carbonyl (C=O) groups excluding carboxylic acids is 1. The van der Waals surface area contributed by atoms with Gasteiger partial charge in [-0.25, -0.2) is 0 Å². The summed E-state index contributed by atoms with van der Waals surface area (Å²) in [5.74, 6) is -1.31. The Morgan fingerprint density at radius 2 is 1.95 bits per heavy atom. The molecule has 7 heteroatoms. The van der Waals surface area contributed by atoms with E-state index in [1.54, 1.807) is 0 Å². The first-order valence-corrected chi connectivity index (χ1v) is 5.57. The molecule has 0 aliphatic carbocycles. The monoisotopic (exact) mass is 277 g/mol. The second-order valence-corrected chi connectivity index (χ2v) is 4.04. The minimum absolute atomic E-state index is 0.0596. The predicted molar refractivity (Wildman–Crippen MR) is 62.3 cm³/mol. The third-order valence-electron chi connectivity index (χ3n) is 2.50. The molecule has 0 spiro atoms. The maximum atomic E-state index is 12.2. The van der Waals surface area contributed by atoms with Gasteiger partial charge in [-0.05, 0) is 18.7 Å². The van der Waals surface area contributed by atoms with E-state index in [0.29, 0.717) is 0 Å². The van der Waals surface area contributed by atoms with Crippen molar-refractivity contribution in [3.8, 4) is 11.5 Å². The van der Waals surface area contributed by atoms with Gasteiger partial charge in [-0.15, -0.1) is 0 Å². The molecule has 0 aliphatic rings. The van der Waals surface area contributed by atoms with Gasteiger partial charge in [0, 0.05) is 6.07 Å². The molecule has 1 rings (SSSR count). The van der Waals surface area contributed by atoms with Crippen molar-refractivity contribution in [3.63, 3.8) is 0 Å². The molecule has 4 nitrogen and oxygen atoms in total. The number of ketones is 1. The first kappa shape index (κ1) is 15.3. The second-order valence-electron chi connectivity index (χ2n) is 4.04. The lowest BCUT2D eigenvalue weighted by Gasteiger charge is -2.21. The van der Waals surface area contributed by atoms with Crippen molar-refractivity contribution in [1.29, 1.82) is 0 Å². The van der Waals surface area contributed by atoms with E-state index >= 15 is 0 Å². The molecule has 0 amide bonds. The van der Waals surface area contributed by atoms with Gasteiger partial charge < -0.3 is 10.2 Å². The van der Waals surface area contributed by atoms with Gasteiger partial charge in [-0.1, -0.05) is 6.92 Å². The summed E-state index contributed by atoms with van der Waals surface area (Å²) in [6.07, 6.45) is -4.38. The van der Waals surface area contributed by atoms with Crippen LogP contribution in [0.4, 0.5) is 13.2 Å². The van der Waals surface area contributed by atoms with E-state index in [0.717, 1.165) is 11.0 Å². The Hall–Kier alpha value is -1.76. The van der Waals surface area contributed by atoms with Crippen molar-refractivity contribution in [2.24, 2.45) is 0 Å². The highest BCUT2D eigenvalue weighted by Crippen LogP contribution is 2.23. The number of halogens is 3. The van der Waals surface area contributed by atoms with Crippen LogP contribution in [0.5, 0.6) is 11.5 Å². The molecule has 0 atom stereocenters. The summed E-state index contributed by atoms with van der Waals surface area (Å²) < 4.78 is 36.7. The zero-order valence-electron chi connectivity index (χ0n) is 10.2. The van der Waals surface area contributed by atoms with Crippen LogP contribution in [0.2, 0.25) is 0 Å². The minimum Gasteiger partial charge on any atom is -0.508 e. The number of phenols is 2. The third-order valence-corrected chi connectivity index (χ3v) is 2.50. The van der Waals surface area contributed by atoms with E-state index in [1.165, 1.54) is 19.1 Å². The molecule has 19 heavy (non-hydrogen) atoms. The van der Waals surface area contributed by atoms with Gasteiger partial charge in [0.15, 0.2) is 5.78 Å². The smallest absolute Gasteiger partial charge is 0.401 e. The number of hydrogen-bond acceptors (Lipinski definition) is 4. The summed E-state index contributed by atoms with van der Waals surface area (Å²) in [5, 5.41) is 18.5. The van der Waals surface area contributed by atoms with Crippen LogP contribution < -0.4 is 0 Å². The SMILES string of the molecule is CCN(CC(=O)c1ccc(O)cc1O)CC(F)(F)F. The zero-order chi connectivity index (χ0) is 14.6. The molecular formula is C12H14F3NO3. The maximum Gasteiger partial charge on any atom is 0.401 e. The van der Waals surface area contributed by atoms with Crippen LogP contribution in [0.1, 0.15) is 17.3 Å². The zero-order valence-corrected chi connectivity index (χ0v) is 10.2. The van der Waals surface area contributed by atoms with Gasteiger partial charge in [-0.2, -0.15) is 13.2 Å². The van der Waals surface area contributed by atoms with Crippen LogP contribution in [0.3, 0.4) is 0 Å². The van der Waals surface area contributed by atoms with Gasteiger partial charge in [0.2, 0.25) is 0 Å². The van der Waals surface area contributed by atoms with E-state index in [2.05, 4.69) is 0 Å². The Balaban J connectivity index is 2.77. The van der Waals surface area contributed by atoms with Crippen LogP contribution in [0.25, 0.3) is 0 Å². The van der Waals surface area contributed by atoms with Gasteiger partial charge in [0.1, 0.15) is 11.5 Å². The number of carbonyl (C=O) groups is 1. The maximum absolute atomic E-state index is 12.2. The molecule has 2 N–H and O–H groups in total. The molecule has 0 saturated carbocycles. The van der Waals surface area contributed by atoms with Crippen molar-refractivity contribution in [1.82, 2.24) is 4.90 Å². The Kier molecular flexibility index (Phi) is 4.77. The van der Waals surface area contributed by atoms with Gasteiger partial charge in [-0.3, -0.25) is 9.69 Å². The number of Topliss-reactive ketones (excluding diaryl/α,β-unsaturated/α-hetero) is 1. The number of nitrogens with zero attached hydrogens (tertiary/aromatic N) is 1. The second kappa shape index (κ2) is 5.92. The van der Waals surface area contributed by atoms with E-state index < -0.39 is 30.8 Å². The summed E-state index contributed by atoms with van der Waals surface area (Å²) in [6, 6.07) is 3.33. The summed E-state index contributed by atoms with van der Waals surface area (Å²) in [4.78, 5) is 12.7. The van der Waals surface area contributed by atoms with Crippen molar-refractivity contribution in [2.75, 3.05) is 19.6 Å². The van der Waals surface area contributed by atoms with Crippen LogP contribution >= 0.6 is 0 Å². The molecule has 0 radical (unpaired) electrons. The molecule has 0 heterocycles.